The number of aryl methyl sites for hydroxylation is 1. The summed E-state index contributed by atoms with van der Waals surface area (Å²) in [5.74, 6) is 0.561. The van der Waals surface area contributed by atoms with Crippen molar-refractivity contribution in [3.8, 4) is 11.5 Å². The van der Waals surface area contributed by atoms with Crippen molar-refractivity contribution >= 4 is 16.9 Å². The Morgan fingerprint density at radius 1 is 1.10 bits per heavy atom. The number of hydrogen-bond acceptors (Lipinski definition) is 7. The minimum Gasteiger partial charge on any atom is -0.453 e. The Bertz CT molecular complexity index is 1200. The van der Waals surface area contributed by atoms with Crippen LogP contribution < -0.4 is 5.56 Å². The van der Waals surface area contributed by atoms with Gasteiger partial charge in [-0.25, -0.2) is 4.98 Å². The highest BCUT2D eigenvalue weighted by molar-refractivity contribution is 5.77. The number of hydrogen-bond donors (Lipinski definition) is 1. The Balaban J connectivity index is 1.37. The number of nitrogens with zero attached hydrogens (tertiary/aromatic N) is 3. The fourth-order valence-electron chi connectivity index (χ4n) is 2.88. The van der Waals surface area contributed by atoms with Crippen molar-refractivity contribution in [1.29, 1.82) is 0 Å². The van der Waals surface area contributed by atoms with Gasteiger partial charge in [0.25, 0.3) is 11.4 Å². The van der Waals surface area contributed by atoms with Crippen LogP contribution in [0.25, 0.3) is 22.4 Å². The SMILES string of the molecule is C[C@@H](OC(=O)CCc1nc2ccccc2c(=O)[nH]1)c1nnc(-c2ccccc2)o1. The van der Waals surface area contributed by atoms with Gasteiger partial charge in [0, 0.05) is 12.0 Å². The molecule has 0 unspecified atom stereocenters. The molecule has 1 atom stereocenters. The van der Waals surface area contributed by atoms with Gasteiger partial charge in [-0.3, -0.25) is 9.59 Å². The molecule has 0 saturated heterocycles. The van der Waals surface area contributed by atoms with E-state index >= 15 is 0 Å². The van der Waals surface area contributed by atoms with Crippen LogP contribution in [0.5, 0.6) is 0 Å². The second-order valence-corrected chi connectivity index (χ2v) is 6.47. The highest BCUT2D eigenvalue weighted by Gasteiger charge is 2.19. The summed E-state index contributed by atoms with van der Waals surface area (Å²) in [6, 6.07) is 16.4. The standard InChI is InChI=1S/C21H18N4O4/c1-13(20-24-25-21(29-20)14-7-3-2-4-8-14)28-18(26)12-11-17-22-16-10-6-5-9-15(16)19(27)23-17/h2-10,13H,11-12H2,1H3,(H,22,23,27)/t13-/m1/s1. The zero-order valence-electron chi connectivity index (χ0n) is 15.7. The monoisotopic (exact) mass is 390 g/mol. The second kappa shape index (κ2) is 8.05. The third kappa shape index (κ3) is 4.21. The molecule has 8 heteroatoms. The van der Waals surface area contributed by atoms with Crippen LogP contribution in [0.15, 0.2) is 63.8 Å². The van der Waals surface area contributed by atoms with E-state index in [0.29, 0.717) is 22.6 Å². The van der Waals surface area contributed by atoms with E-state index in [1.54, 1.807) is 25.1 Å². The maximum atomic E-state index is 12.2. The Morgan fingerprint density at radius 3 is 2.69 bits per heavy atom. The van der Waals surface area contributed by atoms with Gasteiger partial charge in [0.15, 0.2) is 6.10 Å². The molecule has 29 heavy (non-hydrogen) atoms. The zero-order chi connectivity index (χ0) is 20.2. The summed E-state index contributed by atoms with van der Waals surface area (Å²) in [4.78, 5) is 31.4. The van der Waals surface area contributed by atoms with Crippen molar-refractivity contribution in [2.45, 2.75) is 25.9 Å². The Hall–Kier alpha value is -3.81. The molecule has 8 nitrogen and oxygen atoms in total. The van der Waals surface area contributed by atoms with E-state index in [0.717, 1.165) is 5.56 Å². The second-order valence-electron chi connectivity index (χ2n) is 6.47. The lowest BCUT2D eigenvalue weighted by molar-refractivity contribution is -0.149. The molecular weight excluding hydrogens is 372 g/mol. The van der Waals surface area contributed by atoms with E-state index in [2.05, 4.69) is 20.2 Å². The van der Waals surface area contributed by atoms with E-state index in [1.807, 2.05) is 36.4 Å². The summed E-state index contributed by atoms with van der Waals surface area (Å²) in [6.07, 6.45) is -0.369. The average molecular weight is 390 g/mol. The summed E-state index contributed by atoms with van der Waals surface area (Å²) in [5, 5.41) is 8.46. The molecule has 4 aromatic rings. The third-order valence-electron chi connectivity index (χ3n) is 4.35. The first-order valence-electron chi connectivity index (χ1n) is 9.16. The number of H-pyrrole nitrogens is 1. The van der Waals surface area contributed by atoms with E-state index in [9.17, 15) is 9.59 Å². The van der Waals surface area contributed by atoms with Gasteiger partial charge in [-0.05, 0) is 31.2 Å². The van der Waals surface area contributed by atoms with Crippen molar-refractivity contribution < 1.29 is 13.9 Å². The number of fused-ring (bicyclic) bond motifs is 1. The number of benzene rings is 2. The van der Waals surface area contributed by atoms with Crippen LogP contribution in [-0.2, 0) is 16.0 Å². The van der Waals surface area contributed by atoms with Crippen LogP contribution in [-0.4, -0.2) is 26.1 Å². The minimum atomic E-state index is -0.684. The topological polar surface area (TPSA) is 111 Å². The molecule has 0 aliphatic rings. The van der Waals surface area contributed by atoms with Crippen LogP contribution >= 0.6 is 0 Å². The Labute approximate surface area is 165 Å². The van der Waals surface area contributed by atoms with E-state index in [4.69, 9.17) is 9.15 Å². The van der Waals surface area contributed by atoms with Gasteiger partial charge in [0.2, 0.25) is 5.89 Å². The van der Waals surface area contributed by atoms with E-state index < -0.39 is 12.1 Å². The Morgan fingerprint density at radius 2 is 1.86 bits per heavy atom. The highest BCUT2D eigenvalue weighted by atomic mass is 16.6. The molecule has 0 aliphatic heterocycles. The van der Waals surface area contributed by atoms with Gasteiger partial charge < -0.3 is 14.1 Å². The summed E-state index contributed by atoms with van der Waals surface area (Å²) >= 11 is 0. The normalized spacial score (nSPS) is 12.0. The molecule has 0 amide bonds. The van der Waals surface area contributed by atoms with E-state index in [1.165, 1.54) is 0 Å². The molecule has 0 spiro atoms. The summed E-state index contributed by atoms with van der Waals surface area (Å²) < 4.78 is 11.0. The van der Waals surface area contributed by atoms with Crippen LogP contribution in [0.2, 0.25) is 0 Å². The summed E-state index contributed by atoms with van der Waals surface area (Å²) in [5.41, 5.74) is 1.15. The number of para-hydroxylation sites is 1. The van der Waals surface area contributed by atoms with Crippen molar-refractivity contribution in [2.24, 2.45) is 0 Å². The van der Waals surface area contributed by atoms with Crippen molar-refractivity contribution in [3.05, 3.63) is 76.7 Å². The number of rotatable bonds is 6. The van der Waals surface area contributed by atoms with Crippen LogP contribution in [0, 0.1) is 0 Å². The third-order valence-corrected chi connectivity index (χ3v) is 4.35. The Kier molecular flexibility index (Phi) is 5.15. The lowest BCUT2D eigenvalue weighted by atomic mass is 10.2. The molecule has 0 saturated carbocycles. The number of aromatic amines is 1. The minimum absolute atomic E-state index is 0.0608. The highest BCUT2D eigenvalue weighted by Crippen LogP contribution is 2.22. The predicted octanol–water partition coefficient (Wildman–Crippen LogP) is 3.21. The van der Waals surface area contributed by atoms with Crippen LogP contribution in [0.1, 0.15) is 31.2 Å². The largest absolute Gasteiger partial charge is 0.453 e. The molecule has 0 radical (unpaired) electrons. The average Bonchev–Trinajstić information content (AvgIpc) is 3.23. The first kappa shape index (κ1) is 18.5. The van der Waals surface area contributed by atoms with Gasteiger partial charge >= 0.3 is 5.97 Å². The molecule has 146 valence electrons. The van der Waals surface area contributed by atoms with Crippen molar-refractivity contribution in [2.75, 3.05) is 0 Å². The molecule has 1 N–H and O–H groups in total. The van der Waals surface area contributed by atoms with Gasteiger partial charge in [-0.1, -0.05) is 30.3 Å². The summed E-state index contributed by atoms with van der Waals surface area (Å²) in [6.45, 7) is 1.66. The van der Waals surface area contributed by atoms with Gasteiger partial charge in [-0.2, -0.15) is 0 Å². The van der Waals surface area contributed by atoms with Gasteiger partial charge in [0.1, 0.15) is 5.82 Å². The maximum Gasteiger partial charge on any atom is 0.307 e. The quantitative estimate of drug-likeness (QED) is 0.503. The number of carbonyl (C=O) groups excluding carboxylic acids is 1. The molecule has 0 fully saturated rings. The fraction of sp³-hybridized carbons (Fsp3) is 0.190. The number of esters is 1. The van der Waals surface area contributed by atoms with Crippen molar-refractivity contribution in [1.82, 2.24) is 20.2 Å². The number of ether oxygens (including phenoxy) is 1. The molecule has 2 aromatic carbocycles. The maximum absolute atomic E-state index is 12.2. The molecule has 4 rings (SSSR count). The lowest BCUT2D eigenvalue weighted by Gasteiger charge is -2.09. The van der Waals surface area contributed by atoms with Crippen LogP contribution in [0.4, 0.5) is 0 Å². The van der Waals surface area contributed by atoms with Gasteiger partial charge in [-0.15, -0.1) is 10.2 Å². The fourth-order valence-corrected chi connectivity index (χ4v) is 2.88. The first-order chi connectivity index (χ1) is 14.1. The summed E-state index contributed by atoms with van der Waals surface area (Å²) in [7, 11) is 0. The van der Waals surface area contributed by atoms with E-state index in [-0.39, 0.29) is 24.3 Å². The smallest absolute Gasteiger partial charge is 0.307 e. The number of nitrogens with one attached hydrogen (secondary N) is 1. The zero-order valence-corrected chi connectivity index (χ0v) is 15.7. The van der Waals surface area contributed by atoms with Crippen LogP contribution in [0.3, 0.4) is 0 Å². The molecule has 2 aromatic heterocycles. The molecular formula is C21H18N4O4. The molecule has 0 aliphatic carbocycles. The molecule has 2 heterocycles. The molecule has 0 bridgehead atoms. The first-order valence-corrected chi connectivity index (χ1v) is 9.16. The number of carbonyl (C=O) groups is 1. The van der Waals surface area contributed by atoms with Gasteiger partial charge in [0.05, 0.1) is 17.3 Å². The number of aromatic nitrogens is 4. The predicted molar refractivity (Wildman–Crippen MR) is 105 cm³/mol. The lowest BCUT2D eigenvalue weighted by Crippen LogP contribution is -2.14. The van der Waals surface area contributed by atoms with Crippen molar-refractivity contribution in [3.63, 3.8) is 0 Å².